The van der Waals surface area contributed by atoms with Gasteiger partial charge < -0.3 is 25.6 Å². The van der Waals surface area contributed by atoms with Gasteiger partial charge in [0.15, 0.2) is 0 Å². The van der Waals surface area contributed by atoms with Crippen LogP contribution in [-0.2, 0) is 20.9 Å². The van der Waals surface area contributed by atoms with Crippen LogP contribution in [0.4, 0.5) is 5.69 Å². The second-order valence-corrected chi connectivity index (χ2v) is 6.15. The zero-order valence-corrected chi connectivity index (χ0v) is 15.3. The number of aliphatic carboxylic acids is 2. The number of hydrogen-bond acceptors (Lipinski definition) is 6. The Bertz CT molecular complexity index is 739. The van der Waals surface area contributed by atoms with Gasteiger partial charge in [-0.1, -0.05) is 17.7 Å². The van der Waals surface area contributed by atoms with Gasteiger partial charge >= 0.3 is 11.9 Å². The molecule has 0 fully saturated rings. The number of nitrogens with one attached hydrogen (secondary N) is 2. The van der Waals surface area contributed by atoms with E-state index in [4.69, 9.17) is 36.1 Å². The van der Waals surface area contributed by atoms with Crippen molar-refractivity contribution in [1.29, 1.82) is 0 Å². The highest BCUT2D eigenvalue weighted by atomic mass is 35.5. The van der Waals surface area contributed by atoms with E-state index in [1.165, 1.54) is 4.88 Å². The number of methoxy groups -OCH3 is 1. The van der Waals surface area contributed by atoms with E-state index in [0.717, 1.165) is 0 Å². The van der Waals surface area contributed by atoms with Crippen molar-refractivity contribution in [2.45, 2.75) is 6.54 Å². The van der Waals surface area contributed by atoms with Crippen LogP contribution in [0.1, 0.15) is 4.88 Å². The third-order valence-electron chi connectivity index (χ3n) is 2.78. The lowest BCUT2D eigenvalue weighted by molar-refractivity contribution is -0.159. The SMILES string of the molecule is COc1ccc(Cl)cc1NC(=O)CNCc1cccs1.O=C(O)C(=O)O. The molecular formula is C16H17ClN2O6S. The molecule has 0 saturated heterocycles. The minimum atomic E-state index is -1.82. The fourth-order valence-electron chi connectivity index (χ4n) is 1.68. The fraction of sp³-hybridized carbons (Fsp3) is 0.188. The van der Waals surface area contributed by atoms with Crippen LogP contribution in [0.15, 0.2) is 35.7 Å². The molecule has 140 valence electrons. The number of anilines is 1. The van der Waals surface area contributed by atoms with Crippen molar-refractivity contribution in [3.8, 4) is 5.75 Å². The first kappa shape index (κ1) is 21.4. The van der Waals surface area contributed by atoms with Crippen LogP contribution in [0.3, 0.4) is 0 Å². The predicted molar refractivity (Wildman–Crippen MR) is 97.9 cm³/mol. The van der Waals surface area contributed by atoms with Crippen LogP contribution >= 0.6 is 22.9 Å². The van der Waals surface area contributed by atoms with Crippen molar-refractivity contribution in [2.24, 2.45) is 0 Å². The van der Waals surface area contributed by atoms with Crippen LogP contribution < -0.4 is 15.4 Å². The first-order valence-corrected chi connectivity index (χ1v) is 8.42. The summed E-state index contributed by atoms with van der Waals surface area (Å²) in [6, 6.07) is 9.10. The summed E-state index contributed by atoms with van der Waals surface area (Å²) in [5.74, 6) is -3.20. The molecule has 0 aliphatic carbocycles. The normalized spacial score (nSPS) is 9.62. The molecule has 0 spiro atoms. The minimum absolute atomic E-state index is 0.137. The third-order valence-corrected chi connectivity index (χ3v) is 3.89. The number of benzene rings is 1. The van der Waals surface area contributed by atoms with Gasteiger partial charge in [0.1, 0.15) is 5.75 Å². The molecule has 8 nitrogen and oxygen atoms in total. The molecule has 1 heterocycles. The predicted octanol–water partition coefficient (Wildman–Crippen LogP) is 2.29. The maximum absolute atomic E-state index is 11.9. The van der Waals surface area contributed by atoms with Crippen molar-refractivity contribution in [3.05, 3.63) is 45.6 Å². The Morgan fingerprint density at radius 2 is 1.88 bits per heavy atom. The number of halogens is 1. The van der Waals surface area contributed by atoms with E-state index < -0.39 is 11.9 Å². The third kappa shape index (κ3) is 7.97. The highest BCUT2D eigenvalue weighted by Gasteiger charge is 2.08. The molecule has 2 aromatic rings. The van der Waals surface area contributed by atoms with Gasteiger partial charge in [-0.2, -0.15) is 0 Å². The summed E-state index contributed by atoms with van der Waals surface area (Å²) < 4.78 is 5.17. The molecule has 1 aromatic carbocycles. The lowest BCUT2D eigenvalue weighted by Crippen LogP contribution is -2.27. The van der Waals surface area contributed by atoms with Gasteiger partial charge in [-0.3, -0.25) is 4.79 Å². The number of carboxylic acids is 2. The minimum Gasteiger partial charge on any atom is -0.495 e. The van der Waals surface area contributed by atoms with Crippen LogP contribution in [0.25, 0.3) is 0 Å². The summed E-state index contributed by atoms with van der Waals surface area (Å²) >= 11 is 7.56. The Morgan fingerprint density at radius 3 is 2.42 bits per heavy atom. The molecule has 4 N–H and O–H groups in total. The van der Waals surface area contributed by atoms with Crippen molar-refractivity contribution >= 4 is 46.5 Å². The number of hydrogen-bond donors (Lipinski definition) is 4. The van der Waals surface area contributed by atoms with Crippen LogP contribution in [0.5, 0.6) is 5.75 Å². The van der Waals surface area contributed by atoms with E-state index in [0.29, 0.717) is 23.0 Å². The number of carbonyl (C=O) groups excluding carboxylic acids is 1. The van der Waals surface area contributed by atoms with E-state index in [2.05, 4.69) is 10.6 Å². The zero-order chi connectivity index (χ0) is 19.5. The van der Waals surface area contributed by atoms with Gasteiger partial charge in [-0.15, -0.1) is 11.3 Å². The fourth-order valence-corrected chi connectivity index (χ4v) is 2.53. The zero-order valence-electron chi connectivity index (χ0n) is 13.7. The highest BCUT2D eigenvalue weighted by molar-refractivity contribution is 7.09. The molecule has 0 bridgehead atoms. The van der Waals surface area contributed by atoms with Crippen molar-refractivity contribution in [2.75, 3.05) is 19.0 Å². The van der Waals surface area contributed by atoms with Crippen molar-refractivity contribution in [3.63, 3.8) is 0 Å². The molecule has 1 amide bonds. The lowest BCUT2D eigenvalue weighted by Gasteiger charge is -2.10. The highest BCUT2D eigenvalue weighted by Crippen LogP contribution is 2.27. The average molecular weight is 401 g/mol. The first-order chi connectivity index (χ1) is 12.3. The summed E-state index contributed by atoms with van der Waals surface area (Å²) in [6.45, 7) is 0.908. The number of carbonyl (C=O) groups is 3. The van der Waals surface area contributed by atoms with Gasteiger partial charge in [0.2, 0.25) is 5.91 Å². The summed E-state index contributed by atoms with van der Waals surface area (Å²) in [4.78, 5) is 31.2. The monoisotopic (exact) mass is 400 g/mol. The Labute approximate surface area is 158 Å². The Morgan fingerprint density at radius 1 is 1.19 bits per heavy atom. The van der Waals surface area contributed by atoms with E-state index in [1.54, 1.807) is 36.6 Å². The van der Waals surface area contributed by atoms with Crippen LogP contribution in [0.2, 0.25) is 5.02 Å². The maximum Gasteiger partial charge on any atom is 0.414 e. The molecule has 0 aliphatic rings. The molecule has 0 radical (unpaired) electrons. The molecule has 0 atom stereocenters. The second-order valence-electron chi connectivity index (χ2n) is 4.69. The van der Waals surface area contributed by atoms with E-state index >= 15 is 0 Å². The molecule has 26 heavy (non-hydrogen) atoms. The standard InChI is InChI=1S/C14H15ClN2O2S.C2H2O4/c1-19-13-5-4-10(15)7-12(13)17-14(18)9-16-8-11-3-2-6-20-11;3-1(4)2(5)6/h2-7,16H,8-9H2,1H3,(H,17,18);(H,3,4)(H,5,6). The van der Waals surface area contributed by atoms with Gasteiger partial charge in [0, 0.05) is 16.4 Å². The molecule has 2 rings (SSSR count). The molecule has 0 aliphatic heterocycles. The summed E-state index contributed by atoms with van der Waals surface area (Å²) in [5, 5.41) is 23.2. The molecule has 10 heteroatoms. The Balaban J connectivity index is 0.000000487. The number of rotatable bonds is 6. The summed E-state index contributed by atoms with van der Waals surface area (Å²) in [6.07, 6.45) is 0. The van der Waals surface area contributed by atoms with Crippen molar-refractivity contribution in [1.82, 2.24) is 5.32 Å². The van der Waals surface area contributed by atoms with Gasteiger partial charge in [-0.05, 0) is 29.6 Å². The number of ether oxygens (including phenoxy) is 1. The Kier molecular flexibility index (Phi) is 9.13. The molecule has 0 saturated carbocycles. The Hall–Kier alpha value is -2.62. The summed E-state index contributed by atoms with van der Waals surface area (Å²) in [5.41, 5.74) is 0.572. The average Bonchev–Trinajstić information content (AvgIpc) is 3.09. The van der Waals surface area contributed by atoms with Crippen LogP contribution in [0, 0.1) is 0 Å². The van der Waals surface area contributed by atoms with E-state index in [9.17, 15) is 4.79 Å². The van der Waals surface area contributed by atoms with E-state index in [1.807, 2.05) is 17.5 Å². The molecule has 0 unspecified atom stereocenters. The molecular weight excluding hydrogens is 384 g/mol. The smallest absolute Gasteiger partial charge is 0.414 e. The van der Waals surface area contributed by atoms with E-state index in [-0.39, 0.29) is 12.5 Å². The first-order valence-electron chi connectivity index (χ1n) is 7.16. The topological polar surface area (TPSA) is 125 Å². The molecule has 1 aromatic heterocycles. The second kappa shape index (κ2) is 11.1. The van der Waals surface area contributed by atoms with Gasteiger partial charge in [0.25, 0.3) is 0 Å². The lowest BCUT2D eigenvalue weighted by atomic mass is 10.3. The number of carboxylic acid groups (broad SMARTS) is 2. The summed E-state index contributed by atoms with van der Waals surface area (Å²) in [7, 11) is 1.55. The number of thiophene rings is 1. The van der Waals surface area contributed by atoms with Gasteiger partial charge in [-0.25, -0.2) is 9.59 Å². The maximum atomic E-state index is 11.9. The van der Waals surface area contributed by atoms with Gasteiger partial charge in [0.05, 0.1) is 19.3 Å². The quantitative estimate of drug-likeness (QED) is 0.548. The van der Waals surface area contributed by atoms with Crippen molar-refractivity contribution < 1.29 is 29.3 Å². The number of amides is 1. The van der Waals surface area contributed by atoms with Crippen LogP contribution in [-0.4, -0.2) is 41.7 Å². The largest absolute Gasteiger partial charge is 0.495 e.